The Bertz CT molecular complexity index is 469. The lowest BCUT2D eigenvalue weighted by Crippen LogP contribution is -2.44. The maximum Gasteiger partial charge on any atom is 0.311 e. The van der Waals surface area contributed by atoms with E-state index >= 15 is 0 Å². The highest BCUT2D eigenvalue weighted by Gasteiger charge is 2.51. The molecule has 0 saturated carbocycles. The lowest BCUT2D eigenvalue weighted by Gasteiger charge is -2.30. The van der Waals surface area contributed by atoms with Crippen molar-refractivity contribution >= 4 is 16.0 Å². The number of nitrogens with zero attached hydrogens (tertiary/aromatic N) is 1. The van der Waals surface area contributed by atoms with Crippen LogP contribution in [-0.4, -0.2) is 55.4 Å². The third-order valence-electron chi connectivity index (χ3n) is 4.75. The number of aliphatic carboxylic acids is 1. The van der Waals surface area contributed by atoms with Gasteiger partial charge in [0.05, 0.1) is 10.7 Å². The predicted molar refractivity (Wildman–Crippen MR) is 73.9 cm³/mol. The van der Waals surface area contributed by atoms with E-state index in [-0.39, 0.29) is 12.5 Å². The number of carboxylic acids is 1. The van der Waals surface area contributed by atoms with E-state index in [0.29, 0.717) is 39.0 Å². The van der Waals surface area contributed by atoms with Gasteiger partial charge < -0.3 is 9.84 Å². The molecule has 2 rings (SSSR count). The SMILES string of the molecule is CC(C)C1(C(=O)O)CCN(S(=O)(=O)C2CCOCC2)C1. The summed E-state index contributed by atoms with van der Waals surface area (Å²) in [6, 6.07) is 0. The summed E-state index contributed by atoms with van der Waals surface area (Å²) in [6.45, 7) is 5.03. The van der Waals surface area contributed by atoms with Crippen LogP contribution in [0.15, 0.2) is 0 Å². The van der Waals surface area contributed by atoms with Gasteiger partial charge in [0.2, 0.25) is 10.0 Å². The van der Waals surface area contributed by atoms with Gasteiger partial charge in [-0.1, -0.05) is 13.8 Å². The summed E-state index contributed by atoms with van der Waals surface area (Å²) in [7, 11) is -3.41. The quantitative estimate of drug-likeness (QED) is 0.835. The largest absolute Gasteiger partial charge is 0.481 e. The lowest BCUT2D eigenvalue weighted by molar-refractivity contribution is -0.150. The highest BCUT2D eigenvalue weighted by molar-refractivity contribution is 7.89. The van der Waals surface area contributed by atoms with Crippen LogP contribution in [0.1, 0.15) is 33.1 Å². The zero-order chi connectivity index (χ0) is 15.0. The third-order valence-corrected chi connectivity index (χ3v) is 7.09. The summed E-state index contributed by atoms with van der Waals surface area (Å²) < 4.78 is 31.8. The van der Waals surface area contributed by atoms with Gasteiger partial charge in [-0.3, -0.25) is 4.79 Å². The second kappa shape index (κ2) is 5.61. The Morgan fingerprint density at radius 3 is 2.40 bits per heavy atom. The fourth-order valence-electron chi connectivity index (χ4n) is 3.09. The number of carboxylic acid groups (broad SMARTS) is 1. The lowest BCUT2D eigenvalue weighted by atomic mass is 9.77. The highest BCUT2D eigenvalue weighted by atomic mass is 32.2. The molecule has 1 unspecified atom stereocenters. The van der Waals surface area contributed by atoms with Crippen molar-refractivity contribution in [3.63, 3.8) is 0 Å². The number of ether oxygens (including phenoxy) is 1. The van der Waals surface area contributed by atoms with Gasteiger partial charge in [0.15, 0.2) is 0 Å². The molecule has 2 fully saturated rings. The average molecular weight is 305 g/mol. The zero-order valence-corrected chi connectivity index (χ0v) is 12.9. The van der Waals surface area contributed by atoms with Crippen LogP contribution < -0.4 is 0 Å². The highest BCUT2D eigenvalue weighted by Crippen LogP contribution is 2.40. The molecule has 0 aliphatic carbocycles. The van der Waals surface area contributed by atoms with Crippen LogP contribution in [0.5, 0.6) is 0 Å². The van der Waals surface area contributed by atoms with Crippen LogP contribution in [0.4, 0.5) is 0 Å². The standard InChI is InChI=1S/C13H23NO5S/c1-10(2)13(12(15)16)5-6-14(9-13)20(17,18)11-3-7-19-8-4-11/h10-11H,3-9H2,1-2H3,(H,15,16). The van der Waals surface area contributed by atoms with Crippen molar-refractivity contribution in [1.29, 1.82) is 0 Å². The number of hydrogen-bond donors (Lipinski definition) is 1. The van der Waals surface area contributed by atoms with Crippen molar-refractivity contribution in [3.8, 4) is 0 Å². The van der Waals surface area contributed by atoms with Crippen molar-refractivity contribution in [2.75, 3.05) is 26.3 Å². The number of rotatable bonds is 4. The first-order valence-electron chi connectivity index (χ1n) is 7.11. The van der Waals surface area contributed by atoms with Crippen molar-refractivity contribution < 1.29 is 23.1 Å². The molecule has 0 aromatic heterocycles. The minimum Gasteiger partial charge on any atom is -0.481 e. The molecule has 0 radical (unpaired) electrons. The molecule has 1 N–H and O–H groups in total. The molecular weight excluding hydrogens is 282 g/mol. The Morgan fingerprint density at radius 2 is 1.95 bits per heavy atom. The molecule has 7 heteroatoms. The van der Waals surface area contributed by atoms with Crippen LogP contribution in [0.2, 0.25) is 0 Å². The average Bonchev–Trinajstić information content (AvgIpc) is 2.87. The van der Waals surface area contributed by atoms with Crippen LogP contribution in [-0.2, 0) is 19.6 Å². The smallest absolute Gasteiger partial charge is 0.311 e. The van der Waals surface area contributed by atoms with E-state index in [2.05, 4.69) is 0 Å². The molecule has 1 atom stereocenters. The molecule has 6 nitrogen and oxygen atoms in total. The van der Waals surface area contributed by atoms with E-state index < -0.39 is 26.7 Å². The van der Waals surface area contributed by atoms with Crippen LogP contribution in [0.25, 0.3) is 0 Å². The van der Waals surface area contributed by atoms with Gasteiger partial charge in [-0.05, 0) is 25.2 Å². The van der Waals surface area contributed by atoms with E-state index in [9.17, 15) is 18.3 Å². The number of sulfonamides is 1. The Balaban J connectivity index is 2.17. The maximum atomic E-state index is 12.6. The molecule has 2 saturated heterocycles. The van der Waals surface area contributed by atoms with E-state index in [1.165, 1.54) is 4.31 Å². The first kappa shape index (κ1) is 15.7. The van der Waals surface area contributed by atoms with E-state index in [1.807, 2.05) is 13.8 Å². The molecule has 0 spiro atoms. The maximum absolute atomic E-state index is 12.6. The Hall–Kier alpha value is -0.660. The fraction of sp³-hybridized carbons (Fsp3) is 0.923. The Kier molecular flexibility index (Phi) is 4.41. The molecule has 0 amide bonds. The summed E-state index contributed by atoms with van der Waals surface area (Å²) >= 11 is 0. The molecule has 2 aliphatic rings. The topological polar surface area (TPSA) is 83.9 Å². The van der Waals surface area contributed by atoms with Gasteiger partial charge in [0.25, 0.3) is 0 Å². The van der Waals surface area contributed by atoms with Gasteiger partial charge in [-0.25, -0.2) is 12.7 Å². The van der Waals surface area contributed by atoms with Gasteiger partial charge >= 0.3 is 5.97 Å². The van der Waals surface area contributed by atoms with E-state index in [4.69, 9.17) is 4.74 Å². The first-order chi connectivity index (χ1) is 9.30. The number of hydrogen-bond acceptors (Lipinski definition) is 4. The third kappa shape index (κ3) is 2.58. The normalized spacial score (nSPS) is 29.9. The monoisotopic (exact) mass is 305 g/mol. The fourth-order valence-corrected chi connectivity index (χ4v) is 5.06. The van der Waals surface area contributed by atoms with Crippen molar-refractivity contribution in [2.24, 2.45) is 11.3 Å². The van der Waals surface area contributed by atoms with Gasteiger partial charge in [-0.15, -0.1) is 0 Å². The molecule has 0 aromatic carbocycles. The predicted octanol–water partition coefficient (Wildman–Crippen LogP) is 0.928. The molecule has 2 aliphatic heterocycles. The number of carbonyl (C=O) groups is 1. The van der Waals surface area contributed by atoms with Crippen molar-refractivity contribution in [1.82, 2.24) is 4.31 Å². The van der Waals surface area contributed by atoms with Gasteiger partial charge in [0, 0.05) is 26.3 Å². The molecule has 0 bridgehead atoms. The first-order valence-corrected chi connectivity index (χ1v) is 8.61. The molecule has 20 heavy (non-hydrogen) atoms. The van der Waals surface area contributed by atoms with Gasteiger partial charge in [-0.2, -0.15) is 0 Å². The van der Waals surface area contributed by atoms with Gasteiger partial charge in [0.1, 0.15) is 0 Å². The summed E-state index contributed by atoms with van der Waals surface area (Å²) in [4.78, 5) is 11.6. The molecule has 2 heterocycles. The van der Waals surface area contributed by atoms with E-state index in [0.717, 1.165) is 0 Å². The summed E-state index contributed by atoms with van der Waals surface area (Å²) in [5, 5.41) is 9.06. The molecular formula is C13H23NO5S. The molecule has 0 aromatic rings. The van der Waals surface area contributed by atoms with Crippen LogP contribution >= 0.6 is 0 Å². The molecule has 116 valence electrons. The Morgan fingerprint density at radius 1 is 1.35 bits per heavy atom. The van der Waals surface area contributed by atoms with E-state index in [1.54, 1.807) is 0 Å². The summed E-state index contributed by atoms with van der Waals surface area (Å²) in [5.74, 6) is -0.980. The van der Waals surface area contributed by atoms with Crippen LogP contribution in [0, 0.1) is 11.3 Å². The zero-order valence-electron chi connectivity index (χ0n) is 12.0. The summed E-state index contributed by atoms with van der Waals surface area (Å²) in [5.41, 5.74) is -0.946. The van der Waals surface area contributed by atoms with Crippen LogP contribution in [0.3, 0.4) is 0 Å². The minimum atomic E-state index is -3.41. The van der Waals surface area contributed by atoms with Crippen molar-refractivity contribution in [3.05, 3.63) is 0 Å². The minimum absolute atomic E-state index is 0.0881. The second-order valence-corrected chi connectivity index (χ2v) is 8.27. The second-order valence-electron chi connectivity index (χ2n) is 6.06. The Labute approximate surface area is 120 Å². The summed E-state index contributed by atoms with van der Waals surface area (Å²) in [6.07, 6.45) is 1.39. The van der Waals surface area contributed by atoms with Crippen molar-refractivity contribution in [2.45, 2.75) is 38.4 Å².